The highest BCUT2D eigenvalue weighted by Gasteiger charge is 2.23. The maximum Gasteiger partial charge on any atom is 0.131 e. The molecular weight excluding hydrogens is 236 g/mol. The average Bonchev–Trinajstić information content (AvgIpc) is 2.46. The molecule has 0 saturated carbocycles. The molecule has 2 rings (SSSR count). The Bertz CT molecular complexity index is 385. The van der Waals surface area contributed by atoms with Crippen LogP contribution in [-0.2, 0) is 0 Å². The van der Waals surface area contributed by atoms with Gasteiger partial charge in [-0.15, -0.1) is 0 Å². The van der Waals surface area contributed by atoms with Crippen LogP contribution in [0.5, 0.6) is 0 Å². The number of pyridine rings is 1. The molecule has 106 valence electrons. The van der Waals surface area contributed by atoms with Crippen molar-refractivity contribution in [3.63, 3.8) is 0 Å². The molecule has 1 atom stereocenters. The van der Waals surface area contributed by atoms with Gasteiger partial charge in [-0.1, -0.05) is 19.4 Å². The maximum absolute atomic E-state index is 5.89. The van der Waals surface area contributed by atoms with E-state index in [0.717, 1.165) is 38.5 Å². The Morgan fingerprint density at radius 1 is 1.32 bits per heavy atom. The van der Waals surface area contributed by atoms with Gasteiger partial charge in [0.25, 0.3) is 0 Å². The van der Waals surface area contributed by atoms with Crippen LogP contribution in [0.2, 0.25) is 0 Å². The normalized spacial score (nSPS) is 18.6. The summed E-state index contributed by atoms with van der Waals surface area (Å²) in [6.45, 7) is 9.44. The molecule has 0 aliphatic carbocycles. The Morgan fingerprint density at radius 2 is 2.05 bits per heavy atom. The molecule has 0 amide bonds. The van der Waals surface area contributed by atoms with Crippen molar-refractivity contribution in [1.82, 2.24) is 9.88 Å². The van der Waals surface area contributed by atoms with E-state index in [1.54, 1.807) is 0 Å². The predicted octanol–water partition coefficient (Wildman–Crippen LogP) is 1.64. The van der Waals surface area contributed by atoms with Crippen molar-refractivity contribution < 1.29 is 0 Å². The SMILES string of the molecule is CCCC(CN)N1CCN(c2ncccc2C)CC1. The lowest BCUT2D eigenvalue weighted by Gasteiger charge is -2.39. The lowest BCUT2D eigenvalue weighted by atomic mass is 10.1. The van der Waals surface area contributed by atoms with Gasteiger partial charge in [-0.3, -0.25) is 4.90 Å². The number of hydrogen-bond donors (Lipinski definition) is 1. The second kappa shape index (κ2) is 6.87. The standard InChI is InChI=1S/C15H26N4/c1-3-5-14(12-16)18-8-10-19(11-9-18)15-13(2)6-4-7-17-15/h4,6-7,14H,3,5,8-12,16H2,1-2H3. The van der Waals surface area contributed by atoms with Crippen molar-refractivity contribution in [3.05, 3.63) is 23.9 Å². The number of piperazine rings is 1. The lowest BCUT2D eigenvalue weighted by molar-refractivity contribution is 0.179. The van der Waals surface area contributed by atoms with Crippen LogP contribution in [0.1, 0.15) is 25.3 Å². The zero-order valence-corrected chi connectivity index (χ0v) is 12.2. The van der Waals surface area contributed by atoms with Gasteiger partial charge in [-0.05, 0) is 25.0 Å². The van der Waals surface area contributed by atoms with Gasteiger partial charge >= 0.3 is 0 Å². The van der Waals surface area contributed by atoms with Crippen molar-refractivity contribution in [2.24, 2.45) is 5.73 Å². The molecule has 0 radical (unpaired) electrons. The van der Waals surface area contributed by atoms with Gasteiger partial charge in [-0.2, -0.15) is 0 Å². The number of rotatable bonds is 5. The number of hydrogen-bond acceptors (Lipinski definition) is 4. The molecule has 1 aromatic rings. The zero-order valence-electron chi connectivity index (χ0n) is 12.2. The molecule has 4 heteroatoms. The van der Waals surface area contributed by atoms with Gasteiger partial charge in [0.15, 0.2) is 0 Å². The van der Waals surface area contributed by atoms with Crippen LogP contribution in [0.25, 0.3) is 0 Å². The molecule has 2 heterocycles. The summed E-state index contributed by atoms with van der Waals surface area (Å²) in [7, 11) is 0. The Balaban J connectivity index is 1.94. The second-order valence-electron chi connectivity index (χ2n) is 5.35. The first-order chi connectivity index (χ1) is 9.26. The van der Waals surface area contributed by atoms with Gasteiger partial charge in [0, 0.05) is 45.0 Å². The number of anilines is 1. The van der Waals surface area contributed by atoms with Crippen LogP contribution < -0.4 is 10.6 Å². The maximum atomic E-state index is 5.89. The second-order valence-corrected chi connectivity index (χ2v) is 5.35. The Labute approximate surface area is 116 Å². The highest BCUT2D eigenvalue weighted by Crippen LogP contribution is 2.19. The average molecular weight is 262 g/mol. The van der Waals surface area contributed by atoms with Crippen LogP contribution in [0, 0.1) is 6.92 Å². The Hall–Kier alpha value is -1.13. The number of aromatic nitrogens is 1. The Kier molecular flexibility index (Phi) is 5.16. The van der Waals surface area contributed by atoms with Crippen molar-refractivity contribution in [2.45, 2.75) is 32.7 Å². The number of nitrogens with two attached hydrogens (primary N) is 1. The van der Waals surface area contributed by atoms with Crippen LogP contribution in [0.15, 0.2) is 18.3 Å². The molecule has 0 spiro atoms. The van der Waals surface area contributed by atoms with E-state index in [4.69, 9.17) is 5.73 Å². The number of nitrogens with zero attached hydrogens (tertiary/aromatic N) is 3. The Morgan fingerprint density at radius 3 is 2.63 bits per heavy atom. The van der Waals surface area contributed by atoms with Crippen molar-refractivity contribution in [2.75, 3.05) is 37.6 Å². The van der Waals surface area contributed by atoms with E-state index in [0.29, 0.717) is 6.04 Å². The van der Waals surface area contributed by atoms with Crippen LogP contribution in [-0.4, -0.2) is 48.6 Å². The first-order valence-electron chi connectivity index (χ1n) is 7.37. The predicted molar refractivity (Wildman–Crippen MR) is 80.5 cm³/mol. The fourth-order valence-corrected chi connectivity index (χ4v) is 2.89. The minimum absolute atomic E-state index is 0.553. The first kappa shape index (κ1) is 14.3. The smallest absolute Gasteiger partial charge is 0.131 e. The molecule has 1 saturated heterocycles. The summed E-state index contributed by atoms with van der Waals surface area (Å²) in [6, 6.07) is 4.69. The molecule has 19 heavy (non-hydrogen) atoms. The quantitative estimate of drug-likeness (QED) is 0.876. The van der Waals surface area contributed by atoms with Gasteiger partial charge in [0.1, 0.15) is 5.82 Å². The largest absolute Gasteiger partial charge is 0.354 e. The monoisotopic (exact) mass is 262 g/mol. The minimum atomic E-state index is 0.553. The highest BCUT2D eigenvalue weighted by atomic mass is 15.3. The topological polar surface area (TPSA) is 45.4 Å². The van der Waals surface area contributed by atoms with Crippen LogP contribution in [0.3, 0.4) is 0 Å². The fraction of sp³-hybridized carbons (Fsp3) is 0.667. The minimum Gasteiger partial charge on any atom is -0.354 e. The third-order valence-corrected chi connectivity index (χ3v) is 4.01. The van der Waals surface area contributed by atoms with Gasteiger partial charge in [-0.25, -0.2) is 4.98 Å². The highest BCUT2D eigenvalue weighted by molar-refractivity contribution is 5.46. The van der Waals surface area contributed by atoms with E-state index < -0.39 is 0 Å². The third-order valence-electron chi connectivity index (χ3n) is 4.01. The van der Waals surface area contributed by atoms with E-state index in [1.165, 1.54) is 18.4 Å². The summed E-state index contributed by atoms with van der Waals surface area (Å²) in [5, 5.41) is 0. The van der Waals surface area contributed by atoms with Gasteiger partial charge in [0.2, 0.25) is 0 Å². The van der Waals surface area contributed by atoms with Crippen molar-refractivity contribution in [1.29, 1.82) is 0 Å². The number of aryl methyl sites for hydroxylation is 1. The summed E-state index contributed by atoms with van der Waals surface area (Å²) in [6.07, 6.45) is 4.30. The molecule has 4 nitrogen and oxygen atoms in total. The van der Waals surface area contributed by atoms with Crippen molar-refractivity contribution in [3.8, 4) is 0 Å². The molecule has 1 aliphatic rings. The molecule has 2 N–H and O–H groups in total. The van der Waals surface area contributed by atoms with E-state index in [1.807, 2.05) is 12.3 Å². The summed E-state index contributed by atoms with van der Waals surface area (Å²) < 4.78 is 0. The molecule has 0 aromatic carbocycles. The van der Waals surface area contributed by atoms with Crippen molar-refractivity contribution >= 4 is 5.82 Å². The van der Waals surface area contributed by atoms with Gasteiger partial charge in [0.05, 0.1) is 0 Å². The van der Waals surface area contributed by atoms with Crippen LogP contribution in [0.4, 0.5) is 5.82 Å². The summed E-state index contributed by atoms with van der Waals surface area (Å²) in [5.74, 6) is 1.14. The van der Waals surface area contributed by atoms with E-state index in [9.17, 15) is 0 Å². The molecular formula is C15H26N4. The molecule has 1 unspecified atom stereocenters. The van der Waals surface area contributed by atoms with Crippen LogP contribution >= 0.6 is 0 Å². The van der Waals surface area contributed by atoms with Gasteiger partial charge < -0.3 is 10.6 Å². The molecule has 1 aliphatic heterocycles. The lowest BCUT2D eigenvalue weighted by Crippen LogP contribution is -2.52. The summed E-state index contributed by atoms with van der Waals surface area (Å²) >= 11 is 0. The molecule has 1 aromatic heterocycles. The van der Waals surface area contributed by atoms with E-state index in [2.05, 4.69) is 34.7 Å². The summed E-state index contributed by atoms with van der Waals surface area (Å²) in [5.41, 5.74) is 7.16. The van der Waals surface area contributed by atoms with E-state index in [-0.39, 0.29) is 0 Å². The van der Waals surface area contributed by atoms with E-state index >= 15 is 0 Å². The fourth-order valence-electron chi connectivity index (χ4n) is 2.89. The zero-order chi connectivity index (χ0) is 13.7. The third kappa shape index (κ3) is 3.45. The summed E-state index contributed by atoms with van der Waals surface area (Å²) in [4.78, 5) is 9.45. The first-order valence-corrected chi connectivity index (χ1v) is 7.37. The molecule has 0 bridgehead atoms. The molecule has 1 fully saturated rings.